The molecule has 0 aromatic carbocycles. The van der Waals surface area contributed by atoms with Crippen LogP contribution in [-0.4, -0.2) is 21.0 Å². The standard InChI is InChI=1S/C21H20N4O2S3/c1-12-17(13(2)27-25-12)10-29-21-16(5-4-8-22-21)20(26)23-9-15-6-7-19(30-15)18-11-28-14(3)24-18/h4-8,11H,9-10H2,1-3H3,(H,23,26). The van der Waals surface area contributed by atoms with Crippen LogP contribution in [0.15, 0.2) is 45.4 Å². The van der Waals surface area contributed by atoms with Crippen molar-refractivity contribution >= 4 is 40.3 Å². The molecule has 0 aliphatic rings. The van der Waals surface area contributed by atoms with Crippen molar-refractivity contribution in [3.05, 3.63) is 68.3 Å². The third-order valence-electron chi connectivity index (χ3n) is 4.51. The molecule has 30 heavy (non-hydrogen) atoms. The number of aryl methyl sites for hydroxylation is 3. The number of thiazole rings is 1. The Bertz CT molecular complexity index is 1160. The van der Waals surface area contributed by atoms with E-state index in [1.807, 2.05) is 26.8 Å². The smallest absolute Gasteiger partial charge is 0.254 e. The number of pyridine rings is 1. The minimum Gasteiger partial charge on any atom is -0.361 e. The Labute approximate surface area is 186 Å². The number of amides is 1. The molecule has 4 aromatic heterocycles. The van der Waals surface area contributed by atoms with Crippen LogP contribution in [0.25, 0.3) is 10.6 Å². The van der Waals surface area contributed by atoms with Gasteiger partial charge in [-0.3, -0.25) is 4.79 Å². The van der Waals surface area contributed by atoms with Crippen molar-refractivity contribution in [1.82, 2.24) is 20.4 Å². The van der Waals surface area contributed by atoms with Crippen molar-refractivity contribution in [3.63, 3.8) is 0 Å². The monoisotopic (exact) mass is 456 g/mol. The summed E-state index contributed by atoms with van der Waals surface area (Å²) in [5, 5.41) is 10.8. The summed E-state index contributed by atoms with van der Waals surface area (Å²) in [6, 6.07) is 7.67. The second kappa shape index (κ2) is 9.11. The molecular formula is C21H20N4O2S3. The normalized spacial score (nSPS) is 11.0. The number of nitrogens with one attached hydrogen (secondary N) is 1. The molecule has 9 heteroatoms. The number of aromatic nitrogens is 3. The van der Waals surface area contributed by atoms with Crippen LogP contribution in [-0.2, 0) is 12.3 Å². The van der Waals surface area contributed by atoms with Gasteiger partial charge in [0, 0.05) is 27.8 Å². The van der Waals surface area contributed by atoms with Crippen LogP contribution in [0, 0.1) is 20.8 Å². The Morgan fingerprint density at radius 3 is 2.83 bits per heavy atom. The predicted octanol–water partition coefficient (Wildman–Crippen LogP) is 5.40. The van der Waals surface area contributed by atoms with Crippen molar-refractivity contribution in [1.29, 1.82) is 0 Å². The lowest BCUT2D eigenvalue weighted by atomic mass is 10.2. The first-order chi connectivity index (χ1) is 14.5. The van der Waals surface area contributed by atoms with Gasteiger partial charge in [0.2, 0.25) is 0 Å². The Morgan fingerprint density at radius 2 is 2.10 bits per heavy atom. The molecule has 4 aromatic rings. The van der Waals surface area contributed by atoms with Gasteiger partial charge in [0.05, 0.1) is 33.4 Å². The molecular weight excluding hydrogens is 436 g/mol. The molecule has 0 aliphatic carbocycles. The maximum atomic E-state index is 12.8. The molecule has 0 spiro atoms. The lowest BCUT2D eigenvalue weighted by Gasteiger charge is -2.08. The summed E-state index contributed by atoms with van der Waals surface area (Å²) in [4.78, 5) is 23.9. The summed E-state index contributed by atoms with van der Waals surface area (Å²) in [5.74, 6) is 1.31. The van der Waals surface area contributed by atoms with E-state index in [-0.39, 0.29) is 5.91 Å². The van der Waals surface area contributed by atoms with Gasteiger partial charge in [-0.15, -0.1) is 34.4 Å². The molecule has 0 fully saturated rings. The lowest BCUT2D eigenvalue weighted by Crippen LogP contribution is -2.23. The number of thioether (sulfide) groups is 1. The highest BCUT2D eigenvalue weighted by molar-refractivity contribution is 7.98. The van der Waals surface area contributed by atoms with Gasteiger partial charge in [0.25, 0.3) is 5.91 Å². The fourth-order valence-corrected chi connectivity index (χ4v) is 5.62. The summed E-state index contributed by atoms with van der Waals surface area (Å²) in [7, 11) is 0. The minimum atomic E-state index is -0.135. The van der Waals surface area contributed by atoms with E-state index in [4.69, 9.17) is 4.52 Å². The summed E-state index contributed by atoms with van der Waals surface area (Å²) < 4.78 is 5.22. The highest BCUT2D eigenvalue weighted by Gasteiger charge is 2.16. The number of thiophene rings is 1. The quantitative estimate of drug-likeness (QED) is 0.375. The van der Waals surface area contributed by atoms with Gasteiger partial charge in [-0.25, -0.2) is 9.97 Å². The van der Waals surface area contributed by atoms with Crippen LogP contribution >= 0.6 is 34.4 Å². The van der Waals surface area contributed by atoms with E-state index in [2.05, 4.69) is 31.9 Å². The first-order valence-electron chi connectivity index (χ1n) is 9.30. The van der Waals surface area contributed by atoms with Gasteiger partial charge >= 0.3 is 0 Å². The van der Waals surface area contributed by atoms with Crippen molar-refractivity contribution in [2.45, 2.75) is 38.1 Å². The van der Waals surface area contributed by atoms with Gasteiger partial charge in [0.15, 0.2) is 0 Å². The number of hydrogen-bond acceptors (Lipinski definition) is 8. The van der Waals surface area contributed by atoms with Gasteiger partial charge in [0.1, 0.15) is 10.8 Å². The molecule has 154 valence electrons. The van der Waals surface area contributed by atoms with Crippen LogP contribution in [0.2, 0.25) is 0 Å². The summed E-state index contributed by atoms with van der Waals surface area (Å²) in [5.41, 5.74) is 3.47. The van der Waals surface area contributed by atoms with Gasteiger partial charge in [-0.2, -0.15) is 0 Å². The van der Waals surface area contributed by atoms with Crippen molar-refractivity contribution in [2.75, 3.05) is 0 Å². The van der Waals surface area contributed by atoms with Crippen LogP contribution in [0.3, 0.4) is 0 Å². The average Bonchev–Trinajstić information content (AvgIpc) is 3.46. The highest BCUT2D eigenvalue weighted by Crippen LogP contribution is 2.30. The van der Waals surface area contributed by atoms with Crippen LogP contribution in [0.5, 0.6) is 0 Å². The number of nitrogens with zero attached hydrogens (tertiary/aromatic N) is 3. The Balaban J connectivity index is 1.41. The van der Waals surface area contributed by atoms with Gasteiger partial charge in [-0.05, 0) is 45.0 Å². The molecule has 0 unspecified atom stereocenters. The molecule has 0 saturated heterocycles. The first-order valence-corrected chi connectivity index (χ1v) is 12.0. The fourth-order valence-electron chi connectivity index (χ4n) is 2.88. The van der Waals surface area contributed by atoms with E-state index in [0.29, 0.717) is 22.9 Å². The topological polar surface area (TPSA) is 80.9 Å². The second-order valence-electron chi connectivity index (χ2n) is 6.65. The Kier molecular flexibility index (Phi) is 6.31. The second-order valence-corrected chi connectivity index (χ2v) is 9.84. The predicted molar refractivity (Wildman–Crippen MR) is 121 cm³/mol. The van der Waals surface area contributed by atoms with Gasteiger partial charge < -0.3 is 9.84 Å². The average molecular weight is 457 g/mol. The van der Waals surface area contributed by atoms with Crippen molar-refractivity contribution in [2.24, 2.45) is 0 Å². The molecule has 0 atom stereocenters. The molecule has 0 saturated carbocycles. The lowest BCUT2D eigenvalue weighted by molar-refractivity contribution is 0.0947. The highest BCUT2D eigenvalue weighted by atomic mass is 32.2. The molecule has 0 radical (unpaired) electrons. The Morgan fingerprint density at radius 1 is 1.23 bits per heavy atom. The molecule has 4 heterocycles. The molecule has 1 N–H and O–H groups in total. The van der Waals surface area contributed by atoms with E-state index in [1.54, 1.807) is 41.0 Å². The number of carbonyl (C=O) groups is 1. The van der Waals surface area contributed by atoms with E-state index in [1.165, 1.54) is 11.8 Å². The number of hydrogen-bond donors (Lipinski definition) is 1. The van der Waals surface area contributed by atoms with Crippen molar-refractivity contribution < 1.29 is 9.32 Å². The largest absolute Gasteiger partial charge is 0.361 e. The molecule has 4 rings (SSSR count). The fraction of sp³-hybridized carbons (Fsp3) is 0.238. The van der Waals surface area contributed by atoms with Crippen LogP contribution in [0.4, 0.5) is 0 Å². The van der Waals surface area contributed by atoms with Crippen molar-refractivity contribution in [3.8, 4) is 10.6 Å². The van der Waals surface area contributed by atoms with E-state index < -0.39 is 0 Å². The van der Waals surface area contributed by atoms with Crippen LogP contribution < -0.4 is 5.32 Å². The third kappa shape index (κ3) is 4.63. The maximum absolute atomic E-state index is 12.8. The van der Waals surface area contributed by atoms with Crippen LogP contribution in [0.1, 0.15) is 37.3 Å². The molecule has 1 amide bonds. The maximum Gasteiger partial charge on any atom is 0.254 e. The molecule has 6 nitrogen and oxygen atoms in total. The summed E-state index contributed by atoms with van der Waals surface area (Å²) in [6.45, 7) is 6.28. The first kappa shape index (κ1) is 20.8. The number of rotatable bonds is 7. The summed E-state index contributed by atoms with van der Waals surface area (Å²) >= 11 is 4.79. The van der Waals surface area contributed by atoms with Gasteiger partial charge in [-0.1, -0.05) is 5.16 Å². The van der Waals surface area contributed by atoms with E-state index in [9.17, 15) is 4.79 Å². The number of carbonyl (C=O) groups excluding carboxylic acids is 1. The zero-order valence-electron chi connectivity index (χ0n) is 16.8. The zero-order chi connectivity index (χ0) is 21.1. The van der Waals surface area contributed by atoms with E-state index in [0.717, 1.165) is 37.5 Å². The molecule has 0 bridgehead atoms. The Hall–Kier alpha value is -2.49. The summed E-state index contributed by atoms with van der Waals surface area (Å²) in [6.07, 6.45) is 1.70. The van der Waals surface area contributed by atoms with E-state index >= 15 is 0 Å². The zero-order valence-corrected chi connectivity index (χ0v) is 19.2. The SMILES string of the molecule is Cc1nc(-c2ccc(CNC(=O)c3cccnc3SCc3c(C)noc3C)s2)cs1. The minimum absolute atomic E-state index is 0.135. The molecule has 0 aliphatic heterocycles. The third-order valence-corrected chi connectivity index (χ3v) is 7.42.